The van der Waals surface area contributed by atoms with Crippen LogP contribution in [0.1, 0.15) is 12.8 Å². The van der Waals surface area contributed by atoms with Crippen molar-refractivity contribution in [3.8, 4) is 0 Å². The Kier molecular flexibility index (Phi) is 2.68. The zero-order valence-corrected chi connectivity index (χ0v) is 4.86. The fraction of sp³-hybridized carbons (Fsp3) is 1.00. The van der Waals surface area contributed by atoms with Crippen LogP contribution in [0.25, 0.3) is 0 Å². The van der Waals surface area contributed by atoms with Crippen LogP contribution in [-0.4, -0.2) is 35.3 Å². The predicted molar refractivity (Wildman–Crippen MR) is 35.9 cm³/mol. The summed E-state index contributed by atoms with van der Waals surface area (Å²) in [5.74, 6) is 2.17. The topological polar surface area (TPSA) is 25.1 Å². The molecule has 1 heterocycles. The molecule has 0 aromatic carbocycles. The van der Waals surface area contributed by atoms with Crippen molar-refractivity contribution in [1.82, 2.24) is 0 Å². The van der Waals surface area contributed by atoms with Crippen LogP contribution in [0.15, 0.2) is 0 Å². The van der Waals surface area contributed by atoms with Gasteiger partial charge in [-0.2, -0.15) is 0 Å². The summed E-state index contributed by atoms with van der Waals surface area (Å²) in [5.41, 5.74) is 0. The van der Waals surface area contributed by atoms with E-state index in [-0.39, 0.29) is 41.0 Å². The van der Waals surface area contributed by atoms with Crippen molar-refractivity contribution in [3.05, 3.63) is 0 Å². The van der Waals surface area contributed by atoms with E-state index >= 15 is 0 Å². The van der Waals surface area contributed by atoms with E-state index in [9.17, 15) is 0 Å². The monoisotopic (exact) mass is 144 g/mol. The first-order chi connectivity index (χ1) is 3.45. The molecule has 0 aromatic rings. The van der Waals surface area contributed by atoms with E-state index < -0.39 is 0 Å². The second-order valence-corrected chi connectivity index (χ2v) is 3.44. The maximum absolute atomic E-state index is 4.62. The van der Waals surface area contributed by atoms with Gasteiger partial charge in [0.25, 0.3) is 0 Å². The summed E-state index contributed by atoms with van der Waals surface area (Å²) in [6.45, 7) is 0. The third-order valence-electron chi connectivity index (χ3n) is 1.28. The van der Waals surface area contributed by atoms with Gasteiger partial charge in [-0.15, -0.1) is 20.1 Å². The quantitative estimate of drug-likeness (QED) is 0.265. The molecule has 0 atom stereocenters. The van der Waals surface area contributed by atoms with Gasteiger partial charge in [0.05, 0.1) is 0 Å². The Morgan fingerprint density at radius 2 is 2.00 bits per heavy atom. The normalized spacial score (nSPS) is 29.2. The summed E-state index contributed by atoms with van der Waals surface area (Å²) in [6, 6.07) is 0. The summed E-state index contributed by atoms with van der Waals surface area (Å²) in [6.07, 6.45) is 2.82. The molecular formula is C4H9NaO2S. The molecule has 0 bridgehead atoms. The van der Waals surface area contributed by atoms with Crippen molar-refractivity contribution in [1.29, 1.82) is 0 Å². The van der Waals surface area contributed by atoms with Crippen LogP contribution in [0.2, 0.25) is 0 Å². The van der Waals surface area contributed by atoms with Crippen molar-refractivity contribution in [3.63, 3.8) is 0 Å². The first-order valence-corrected chi connectivity index (χ1v) is 3.94. The molecule has 44 valence electrons. The summed E-state index contributed by atoms with van der Waals surface area (Å²) in [7, 11) is 0. The summed E-state index contributed by atoms with van der Waals surface area (Å²) >= 11 is -0.327. The molecule has 1 aliphatic carbocycles. The molecule has 2 fully saturated rings. The van der Waals surface area contributed by atoms with Crippen LogP contribution >= 0.6 is 11.5 Å². The van der Waals surface area contributed by atoms with Crippen LogP contribution < -0.4 is 0 Å². The molecule has 1 saturated heterocycles. The van der Waals surface area contributed by atoms with Crippen molar-refractivity contribution >= 4 is 41.0 Å². The van der Waals surface area contributed by atoms with E-state index in [2.05, 4.69) is 8.67 Å². The second kappa shape index (κ2) is 2.90. The number of rotatable bonds is 2. The SMILES string of the molecule is C1CC1C[SH]1OO1.[NaH]. The van der Waals surface area contributed by atoms with Gasteiger partial charge in [0.15, 0.2) is 0 Å². The molecular weight excluding hydrogens is 135 g/mol. The van der Waals surface area contributed by atoms with Crippen LogP contribution in [0.4, 0.5) is 0 Å². The van der Waals surface area contributed by atoms with E-state index in [4.69, 9.17) is 0 Å². The molecule has 1 saturated carbocycles. The van der Waals surface area contributed by atoms with Crippen molar-refractivity contribution in [2.75, 3.05) is 5.75 Å². The predicted octanol–water partition coefficient (Wildman–Crippen LogP) is 0.541. The molecule has 2 aliphatic rings. The van der Waals surface area contributed by atoms with Crippen LogP contribution in [0, 0.1) is 5.92 Å². The van der Waals surface area contributed by atoms with Crippen LogP contribution in [0.3, 0.4) is 0 Å². The average molecular weight is 144 g/mol. The van der Waals surface area contributed by atoms with E-state index in [0.717, 1.165) is 5.92 Å². The summed E-state index contributed by atoms with van der Waals surface area (Å²) < 4.78 is 9.25. The zero-order valence-electron chi connectivity index (χ0n) is 3.96. The Morgan fingerprint density at radius 1 is 1.38 bits per heavy atom. The summed E-state index contributed by atoms with van der Waals surface area (Å²) in [4.78, 5) is 0. The van der Waals surface area contributed by atoms with Gasteiger partial charge in [-0.1, -0.05) is 0 Å². The molecule has 0 radical (unpaired) electrons. The van der Waals surface area contributed by atoms with Gasteiger partial charge < -0.3 is 0 Å². The Labute approximate surface area is 73.9 Å². The molecule has 0 aromatic heterocycles. The Bertz CT molecular complexity index is 72.1. The fourth-order valence-corrected chi connectivity index (χ4v) is 1.69. The van der Waals surface area contributed by atoms with Gasteiger partial charge in [0.1, 0.15) is 0 Å². The first-order valence-electron chi connectivity index (χ1n) is 2.57. The van der Waals surface area contributed by atoms with Gasteiger partial charge in [-0.3, -0.25) is 0 Å². The van der Waals surface area contributed by atoms with E-state index in [0.29, 0.717) is 0 Å². The molecule has 2 rings (SSSR count). The van der Waals surface area contributed by atoms with Crippen LogP contribution in [0.5, 0.6) is 0 Å². The first kappa shape index (κ1) is 7.38. The number of thiol groups is 1. The van der Waals surface area contributed by atoms with Crippen LogP contribution in [-0.2, 0) is 8.67 Å². The second-order valence-electron chi connectivity index (χ2n) is 2.11. The van der Waals surface area contributed by atoms with Gasteiger partial charge in [0.2, 0.25) is 0 Å². The van der Waals surface area contributed by atoms with E-state index in [1.54, 1.807) is 0 Å². The van der Waals surface area contributed by atoms with Gasteiger partial charge in [-0.25, -0.2) is 0 Å². The van der Waals surface area contributed by atoms with E-state index in [1.165, 1.54) is 18.6 Å². The molecule has 0 spiro atoms. The van der Waals surface area contributed by atoms with Crippen molar-refractivity contribution in [2.24, 2.45) is 5.92 Å². The van der Waals surface area contributed by atoms with Crippen molar-refractivity contribution < 1.29 is 8.67 Å². The molecule has 4 heteroatoms. The Hall–Kier alpha value is 1.27. The Balaban J connectivity index is 0.000000320. The number of hydrogen-bond acceptors (Lipinski definition) is 2. The molecule has 1 aliphatic heterocycles. The molecule has 0 unspecified atom stereocenters. The standard InChI is InChI=1S/C4H8O2S.Na.H/c1-2-4(1)3-7-5-6-7;;/h4,7H,1-3H2;;. The van der Waals surface area contributed by atoms with Gasteiger partial charge in [-0.05, 0) is 18.8 Å². The number of hydrogen-bond donors (Lipinski definition) is 1. The Morgan fingerprint density at radius 3 is 2.38 bits per heavy atom. The van der Waals surface area contributed by atoms with Crippen molar-refractivity contribution in [2.45, 2.75) is 12.8 Å². The molecule has 0 N–H and O–H groups in total. The third-order valence-corrected chi connectivity index (χ3v) is 2.46. The molecule has 8 heavy (non-hydrogen) atoms. The van der Waals surface area contributed by atoms with Gasteiger partial charge >= 0.3 is 29.6 Å². The van der Waals surface area contributed by atoms with Gasteiger partial charge in [0, 0.05) is 5.75 Å². The molecule has 0 amide bonds. The summed E-state index contributed by atoms with van der Waals surface area (Å²) in [5, 5.41) is 0. The fourth-order valence-electron chi connectivity index (χ4n) is 0.596. The zero-order chi connectivity index (χ0) is 4.69. The molecule has 2 nitrogen and oxygen atoms in total. The maximum atomic E-state index is 4.62. The minimum atomic E-state index is -0.327. The third kappa shape index (κ3) is 2.25. The minimum absolute atomic E-state index is 0. The average Bonchev–Trinajstić information content (AvgIpc) is 2.33. The van der Waals surface area contributed by atoms with E-state index in [1.807, 2.05) is 0 Å².